The Balaban J connectivity index is 2.90. The van der Waals surface area contributed by atoms with Crippen LogP contribution in [0.25, 0.3) is 0 Å². The van der Waals surface area contributed by atoms with Crippen LogP contribution < -0.4 is 5.32 Å². The topological polar surface area (TPSA) is 41.5 Å². The number of aliphatic hydroxyl groups excluding tert-OH is 1. The molecule has 0 amide bonds. The number of aliphatic hydroxyl groups is 1. The zero-order valence-corrected chi connectivity index (χ0v) is 12.4. The van der Waals surface area contributed by atoms with Crippen molar-refractivity contribution in [1.82, 2.24) is 5.32 Å². The van der Waals surface area contributed by atoms with E-state index in [4.69, 9.17) is 9.84 Å². The standard InChI is InChI=1S/C15H33NO2/c1-15(2)9-6-4-3-5-7-13-18-14-8-10-16-11-12-17/h15-17H,3-14H2,1-2H3. The van der Waals surface area contributed by atoms with Crippen LogP contribution in [0.1, 0.15) is 58.8 Å². The van der Waals surface area contributed by atoms with E-state index in [0.717, 1.165) is 32.1 Å². The summed E-state index contributed by atoms with van der Waals surface area (Å²) < 4.78 is 5.56. The van der Waals surface area contributed by atoms with Gasteiger partial charge in [0, 0.05) is 19.8 Å². The molecule has 0 bridgehead atoms. The summed E-state index contributed by atoms with van der Waals surface area (Å²) in [7, 11) is 0. The van der Waals surface area contributed by atoms with Crippen molar-refractivity contribution < 1.29 is 9.84 Å². The summed E-state index contributed by atoms with van der Waals surface area (Å²) in [5, 5.41) is 11.7. The van der Waals surface area contributed by atoms with Gasteiger partial charge in [-0.1, -0.05) is 46.0 Å². The fraction of sp³-hybridized carbons (Fsp3) is 1.00. The molecule has 0 radical (unpaired) electrons. The Bertz CT molecular complexity index is 151. The number of hydrogen-bond acceptors (Lipinski definition) is 3. The third-order valence-corrected chi connectivity index (χ3v) is 3.00. The zero-order valence-electron chi connectivity index (χ0n) is 12.4. The number of unbranched alkanes of at least 4 members (excludes halogenated alkanes) is 4. The van der Waals surface area contributed by atoms with Crippen molar-refractivity contribution >= 4 is 0 Å². The highest BCUT2D eigenvalue weighted by Gasteiger charge is 1.95. The Hall–Kier alpha value is -0.120. The van der Waals surface area contributed by atoms with Crippen LogP contribution in [-0.2, 0) is 4.74 Å². The first-order valence-electron chi connectivity index (χ1n) is 7.66. The molecule has 0 aliphatic carbocycles. The van der Waals surface area contributed by atoms with E-state index >= 15 is 0 Å². The number of ether oxygens (including phenoxy) is 1. The van der Waals surface area contributed by atoms with Gasteiger partial charge in [-0.2, -0.15) is 0 Å². The first kappa shape index (κ1) is 17.9. The molecule has 0 saturated heterocycles. The van der Waals surface area contributed by atoms with Gasteiger partial charge < -0.3 is 15.2 Å². The van der Waals surface area contributed by atoms with Crippen molar-refractivity contribution in [1.29, 1.82) is 0 Å². The molecule has 0 aromatic carbocycles. The Morgan fingerprint density at radius 1 is 0.889 bits per heavy atom. The van der Waals surface area contributed by atoms with Crippen molar-refractivity contribution in [3.8, 4) is 0 Å². The highest BCUT2D eigenvalue weighted by atomic mass is 16.5. The molecule has 0 aliphatic heterocycles. The Kier molecular flexibility index (Phi) is 14.8. The monoisotopic (exact) mass is 259 g/mol. The van der Waals surface area contributed by atoms with Crippen LogP contribution in [0.2, 0.25) is 0 Å². The quantitative estimate of drug-likeness (QED) is 0.471. The van der Waals surface area contributed by atoms with Gasteiger partial charge >= 0.3 is 0 Å². The Labute approximate surface area is 113 Å². The molecule has 3 heteroatoms. The van der Waals surface area contributed by atoms with Crippen LogP contribution in [0.3, 0.4) is 0 Å². The van der Waals surface area contributed by atoms with E-state index in [-0.39, 0.29) is 6.61 Å². The van der Waals surface area contributed by atoms with E-state index in [0.29, 0.717) is 6.54 Å². The summed E-state index contributed by atoms with van der Waals surface area (Å²) in [5.41, 5.74) is 0. The lowest BCUT2D eigenvalue weighted by atomic mass is 10.0. The summed E-state index contributed by atoms with van der Waals surface area (Å²) in [6.07, 6.45) is 9.03. The zero-order chi connectivity index (χ0) is 13.5. The molecule has 0 fully saturated rings. The molecule has 0 aromatic rings. The molecule has 3 nitrogen and oxygen atoms in total. The Morgan fingerprint density at radius 3 is 2.28 bits per heavy atom. The summed E-state index contributed by atoms with van der Waals surface area (Å²) in [6.45, 7) is 8.19. The summed E-state index contributed by atoms with van der Waals surface area (Å²) >= 11 is 0. The second-order valence-electron chi connectivity index (χ2n) is 5.39. The predicted molar refractivity (Wildman–Crippen MR) is 77.9 cm³/mol. The highest BCUT2D eigenvalue weighted by molar-refractivity contribution is 4.49. The van der Waals surface area contributed by atoms with Crippen LogP contribution in [0.4, 0.5) is 0 Å². The highest BCUT2D eigenvalue weighted by Crippen LogP contribution is 2.10. The van der Waals surface area contributed by atoms with Gasteiger partial charge in [-0.25, -0.2) is 0 Å². The van der Waals surface area contributed by atoms with Crippen molar-refractivity contribution in [2.24, 2.45) is 5.92 Å². The first-order valence-corrected chi connectivity index (χ1v) is 7.66. The molecule has 110 valence electrons. The maximum absolute atomic E-state index is 8.56. The maximum atomic E-state index is 8.56. The minimum atomic E-state index is 0.220. The largest absolute Gasteiger partial charge is 0.395 e. The van der Waals surface area contributed by atoms with Crippen LogP contribution in [-0.4, -0.2) is 38.0 Å². The summed E-state index contributed by atoms with van der Waals surface area (Å²) in [4.78, 5) is 0. The smallest absolute Gasteiger partial charge is 0.0555 e. The Morgan fingerprint density at radius 2 is 1.56 bits per heavy atom. The molecule has 0 heterocycles. The molecule has 18 heavy (non-hydrogen) atoms. The molecule has 0 aliphatic rings. The average molecular weight is 259 g/mol. The lowest BCUT2D eigenvalue weighted by Crippen LogP contribution is -2.20. The van der Waals surface area contributed by atoms with Crippen LogP contribution in [0.5, 0.6) is 0 Å². The molecule has 0 spiro atoms. The second-order valence-corrected chi connectivity index (χ2v) is 5.39. The van der Waals surface area contributed by atoms with E-state index in [1.54, 1.807) is 0 Å². The van der Waals surface area contributed by atoms with Crippen molar-refractivity contribution in [3.05, 3.63) is 0 Å². The summed E-state index contributed by atoms with van der Waals surface area (Å²) in [5.74, 6) is 0.854. The number of rotatable bonds is 14. The van der Waals surface area contributed by atoms with Gasteiger partial charge in [0.15, 0.2) is 0 Å². The number of hydrogen-bond donors (Lipinski definition) is 2. The minimum Gasteiger partial charge on any atom is -0.395 e. The van der Waals surface area contributed by atoms with E-state index in [1.165, 1.54) is 38.5 Å². The molecule has 0 unspecified atom stereocenters. The van der Waals surface area contributed by atoms with Gasteiger partial charge in [-0.05, 0) is 25.3 Å². The SMILES string of the molecule is CC(C)CCCCCCCOCCCNCCO. The molecule has 0 aromatic heterocycles. The fourth-order valence-corrected chi connectivity index (χ4v) is 1.89. The van der Waals surface area contributed by atoms with Crippen LogP contribution >= 0.6 is 0 Å². The minimum absolute atomic E-state index is 0.220. The fourth-order valence-electron chi connectivity index (χ4n) is 1.89. The lowest BCUT2D eigenvalue weighted by molar-refractivity contribution is 0.127. The average Bonchev–Trinajstić information content (AvgIpc) is 2.34. The van der Waals surface area contributed by atoms with Crippen molar-refractivity contribution in [2.75, 3.05) is 32.9 Å². The van der Waals surface area contributed by atoms with Gasteiger partial charge in [-0.15, -0.1) is 0 Å². The van der Waals surface area contributed by atoms with E-state index in [9.17, 15) is 0 Å². The summed E-state index contributed by atoms with van der Waals surface area (Å²) in [6, 6.07) is 0. The van der Waals surface area contributed by atoms with E-state index in [1.807, 2.05) is 0 Å². The van der Waals surface area contributed by atoms with E-state index in [2.05, 4.69) is 19.2 Å². The number of nitrogens with one attached hydrogen (secondary N) is 1. The van der Waals surface area contributed by atoms with E-state index < -0.39 is 0 Å². The van der Waals surface area contributed by atoms with Gasteiger partial charge in [0.2, 0.25) is 0 Å². The molecule has 2 N–H and O–H groups in total. The van der Waals surface area contributed by atoms with Gasteiger partial charge in [0.05, 0.1) is 6.61 Å². The molecular weight excluding hydrogens is 226 g/mol. The predicted octanol–water partition coefficient (Wildman–Crippen LogP) is 2.97. The van der Waals surface area contributed by atoms with Gasteiger partial charge in [0.25, 0.3) is 0 Å². The maximum Gasteiger partial charge on any atom is 0.0555 e. The third-order valence-electron chi connectivity index (χ3n) is 3.00. The normalized spacial score (nSPS) is 11.3. The first-order chi connectivity index (χ1) is 8.77. The van der Waals surface area contributed by atoms with Crippen LogP contribution in [0.15, 0.2) is 0 Å². The molecule has 0 rings (SSSR count). The molecule has 0 atom stereocenters. The van der Waals surface area contributed by atoms with Crippen LogP contribution in [0, 0.1) is 5.92 Å². The lowest BCUT2D eigenvalue weighted by Gasteiger charge is -2.06. The second kappa shape index (κ2) is 14.9. The van der Waals surface area contributed by atoms with Gasteiger partial charge in [0.1, 0.15) is 0 Å². The van der Waals surface area contributed by atoms with Crippen molar-refractivity contribution in [3.63, 3.8) is 0 Å². The van der Waals surface area contributed by atoms with Crippen molar-refractivity contribution in [2.45, 2.75) is 58.8 Å². The molecule has 0 saturated carbocycles. The van der Waals surface area contributed by atoms with Gasteiger partial charge in [-0.3, -0.25) is 0 Å². The molecular formula is C15H33NO2. The third kappa shape index (κ3) is 15.9.